The van der Waals surface area contributed by atoms with Crippen LogP contribution in [0.3, 0.4) is 0 Å². The minimum absolute atomic E-state index is 0.231. The fourth-order valence-electron chi connectivity index (χ4n) is 1.02. The van der Waals surface area contributed by atoms with Gasteiger partial charge in [-0.25, -0.2) is 0 Å². The highest BCUT2D eigenvalue weighted by Crippen LogP contribution is 2.10. The summed E-state index contributed by atoms with van der Waals surface area (Å²) in [4.78, 5) is 0. The van der Waals surface area contributed by atoms with Gasteiger partial charge in [0.1, 0.15) is 0 Å². The summed E-state index contributed by atoms with van der Waals surface area (Å²) in [6.45, 7) is 2.58. The summed E-state index contributed by atoms with van der Waals surface area (Å²) in [5, 5.41) is 11.8. The predicted molar refractivity (Wildman–Crippen MR) is 53.3 cm³/mol. The van der Waals surface area contributed by atoms with Gasteiger partial charge in [-0.2, -0.15) is 5.26 Å². The average molecular weight is 175 g/mol. The number of nitriles is 1. The van der Waals surface area contributed by atoms with Crippen LogP contribution in [-0.4, -0.2) is 12.6 Å². The Morgan fingerprint density at radius 1 is 1.62 bits per heavy atom. The van der Waals surface area contributed by atoms with Crippen LogP contribution in [-0.2, 0) is 0 Å². The molecule has 1 aromatic carbocycles. The molecular weight excluding hydrogens is 162 g/mol. The maximum atomic E-state index is 8.65. The second kappa shape index (κ2) is 4.48. The Bertz CT molecular complexity index is 314. The van der Waals surface area contributed by atoms with Gasteiger partial charge in [0.2, 0.25) is 0 Å². The standard InChI is InChI=1S/C10H13N3/c1-8(6-11)13-10-4-2-3-9(5-10)7-12/h2-5,8,13H,6,11H2,1H3. The minimum Gasteiger partial charge on any atom is -0.381 e. The first-order valence-corrected chi connectivity index (χ1v) is 4.23. The van der Waals surface area contributed by atoms with E-state index >= 15 is 0 Å². The zero-order valence-electron chi connectivity index (χ0n) is 7.62. The third-order valence-electron chi connectivity index (χ3n) is 1.76. The van der Waals surface area contributed by atoms with Gasteiger partial charge in [0, 0.05) is 18.3 Å². The van der Waals surface area contributed by atoms with Gasteiger partial charge in [-0.05, 0) is 25.1 Å². The first-order valence-electron chi connectivity index (χ1n) is 4.23. The van der Waals surface area contributed by atoms with Crippen molar-refractivity contribution < 1.29 is 0 Å². The fourth-order valence-corrected chi connectivity index (χ4v) is 1.02. The zero-order valence-corrected chi connectivity index (χ0v) is 7.62. The molecule has 0 aliphatic heterocycles. The fraction of sp³-hybridized carbons (Fsp3) is 0.300. The minimum atomic E-state index is 0.231. The summed E-state index contributed by atoms with van der Waals surface area (Å²) in [5.74, 6) is 0. The molecule has 0 aliphatic carbocycles. The van der Waals surface area contributed by atoms with Gasteiger partial charge >= 0.3 is 0 Å². The van der Waals surface area contributed by atoms with Gasteiger partial charge < -0.3 is 11.1 Å². The molecule has 13 heavy (non-hydrogen) atoms. The van der Waals surface area contributed by atoms with Crippen molar-refractivity contribution in [3.05, 3.63) is 29.8 Å². The molecular formula is C10H13N3. The van der Waals surface area contributed by atoms with Crippen molar-refractivity contribution in [2.75, 3.05) is 11.9 Å². The molecule has 0 aromatic heterocycles. The molecule has 0 radical (unpaired) electrons. The van der Waals surface area contributed by atoms with Gasteiger partial charge in [0.15, 0.2) is 0 Å². The van der Waals surface area contributed by atoms with E-state index in [9.17, 15) is 0 Å². The smallest absolute Gasteiger partial charge is 0.0992 e. The van der Waals surface area contributed by atoms with Crippen molar-refractivity contribution in [2.45, 2.75) is 13.0 Å². The number of hydrogen-bond acceptors (Lipinski definition) is 3. The van der Waals surface area contributed by atoms with Gasteiger partial charge in [-0.1, -0.05) is 6.07 Å². The molecule has 3 heteroatoms. The number of anilines is 1. The van der Waals surface area contributed by atoms with E-state index in [0.29, 0.717) is 12.1 Å². The second-order valence-electron chi connectivity index (χ2n) is 2.97. The van der Waals surface area contributed by atoms with Gasteiger partial charge in [-0.15, -0.1) is 0 Å². The van der Waals surface area contributed by atoms with Crippen LogP contribution >= 0.6 is 0 Å². The van der Waals surface area contributed by atoms with E-state index in [2.05, 4.69) is 11.4 Å². The summed E-state index contributed by atoms with van der Waals surface area (Å²) < 4.78 is 0. The number of rotatable bonds is 3. The summed E-state index contributed by atoms with van der Waals surface area (Å²) in [7, 11) is 0. The molecule has 3 nitrogen and oxygen atoms in total. The average Bonchev–Trinajstić information content (AvgIpc) is 2.18. The van der Waals surface area contributed by atoms with Crippen molar-refractivity contribution in [3.63, 3.8) is 0 Å². The van der Waals surface area contributed by atoms with Crippen LogP contribution in [0.25, 0.3) is 0 Å². The SMILES string of the molecule is CC(CN)Nc1cccc(C#N)c1. The molecule has 0 saturated carbocycles. The van der Waals surface area contributed by atoms with Crippen molar-refractivity contribution >= 4 is 5.69 Å². The van der Waals surface area contributed by atoms with Gasteiger partial charge in [0.25, 0.3) is 0 Å². The van der Waals surface area contributed by atoms with Crippen molar-refractivity contribution in [1.82, 2.24) is 0 Å². The van der Waals surface area contributed by atoms with Gasteiger partial charge in [-0.3, -0.25) is 0 Å². The molecule has 0 amide bonds. The molecule has 68 valence electrons. The first-order chi connectivity index (χ1) is 6.26. The van der Waals surface area contributed by atoms with Crippen LogP contribution in [0.5, 0.6) is 0 Å². The van der Waals surface area contributed by atoms with E-state index in [-0.39, 0.29) is 6.04 Å². The lowest BCUT2D eigenvalue weighted by molar-refractivity contribution is 0.804. The molecule has 3 N–H and O–H groups in total. The number of benzene rings is 1. The van der Waals surface area contributed by atoms with Crippen LogP contribution in [0.15, 0.2) is 24.3 Å². The van der Waals surface area contributed by atoms with E-state index < -0.39 is 0 Å². The molecule has 1 rings (SSSR count). The number of nitrogens with zero attached hydrogens (tertiary/aromatic N) is 1. The highest BCUT2D eigenvalue weighted by molar-refractivity contribution is 5.49. The normalized spacial score (nSPS) is 11.8. The Morgan fingerprint density at radius 3 is 3.00 bits per heavy atom. The molecule has 1 atom stereocenters. The summed E-state index contributed by atoms with van der Waals surface area (Å²) in [6, 6.07) is 9.68. The zero-order chi connectivity index (χ0) is 9.68. The topological polar surface area (TPSA) is 61.8 Å². The highest BCUT2D eigenvalue weighted by atomic mass is 14.9. The molecule has 1 aromatic rings. The monoisotopic (exact) mass is 175 g/mol. The van der Waals surface area contributed by atoms with Crippen molar-refractivity contribution in [2.24, 2.45) is 5.73 Å². The Hall–Kier alpha value is -1.53. The summed E-state index contributed by atoms with van der Waals surface area (Å²) in [5.41, 5.74) is 7.07. The van der Waals surface area contributed by atoms with E-state index in [1.54, 1.807) is 6.07 Å². The lowest BCUT2D eigenvalue weighted by atomic mass is 10.2. The molecule has 0 bridgehead atoms. The quantitative estimate of drug-likeness (QED) is 0.728. The third kappa shape index (κ3) is 2.77. The Labute approximate surface area is 78.2 Å². The molecule has 0 aliphatic rings. The lowest BCUT2D eigenvalue weighted by Crippen LogP contribution is -2.25. The molecule has 0 saturated heterocycles. The third-order valence-corrected chi connectivity index (χ3v) is 1.76. The Morgan fingerprint density at radius 2 is 2.38 bits per heavy atom. The Balaban J connectivity index is 2.73. The van der Waals surface area contributed by atoms with Crippen LogP contribution < -0.4 is 11.1 Å². The van der Waals surface area contributed by atoms with E-state index in [4.69, 9.17) is 11.0 Å². The lowest BCUT2D eigenvalue weighted by Gasteiger charge is -2.12. The first kappa shape index (κ1) is 9.56. The van der Waals surface area contributed by atoms with Crippen LogP contribution in [0.1, 0.15) is 12.5 Å². The van der Waals surface area contributed by atoms with Crippen molar-refractivity contribution in [1.29, 1.82) is 5.26 Å². The van der Waals surface area contributed by atoms with Gasteiger partial charge in [0.05, 0.1) is 11.6 Å². The highest BCUT2D eigenvalue weighted by Gasteiger charge is 1.98. The second-order valence-corrected chi connectivity index (χ2v) is 2.97. The molecule has 1 unspecified atom stereocenters. The van der Waals surface area contributed by atoms with Crippen molar-refractivity contribution in [3.8, 4) is 6.07 Å². The largest absolute Gasteiger partial charge is 0.381 e. The number of hydrogen-bond donors (Lipinski definition) is 2. The Kier molecular flexibility index (Phi) is 3.30. The van der Waals surface area contributed by atoms with E-state index in [0.717, 1.165) is 5.69 Å². The summed E-state index contributed by atoms with van der Waals surface area (Å²) >= 11 is 0. The number of nitrogens with one attached hydrogen (secondary N) is 1. The van der Waals surface area contributed by atoms with Crippen LogP contribution in [0, 0.1) is 11.3 Å². The van der Waals surface area contributed by atoms with E-state index in [1.807, 2.05) is 25.1 Å². The number of nitrogens with two attached hydrogens (primary N) is 1. The van der Waals surface area contributed by atoms with Crippen LogP contribution in [0.4, 0.5) is 5.69 Å². The maximum absolute atomic E-state index is 8.65. The molecule has 0 spiro atoms. The summed E-state index contributed by atoms with van der Waals surface area (Å²) in [6.07, 6.45) is 0. The molecule has 0 heterocycles. The van der Waals surface area contributed by atoms with E-state index in [1.165, 1.54) is 0 Å². The predicted octanol–water partition coefficient (Wildman–Crippen LogP) is 1.32. The molecule has 0 fully saturated rings. The maximum Gasteiger partial charge on any atom is 0.0992 e. The van der Waals surface area contributed by atoms with Crippen LogP contribution in [0.2, 0.25) is 0 Å².